The van der Waals surface area contributed by atoms with Gasteiger partial charge in [0.2, 0.25) is 0 Å². The topological polar surface area (TPSA) is 47.1 Å². The highest BCUT2D eigenvalue weighted by atomic mass is 32.1. The molecule has 0 saturated heterocycles. The number of hydrogen-bond acceptors (Lipinski definition) is 3. The molecular weight excluding hydrogens is 268 g/mol. The number of benzene rings is 1. The largest absolute Gasteiger partial charge is 0.393 e. The van der Waals surface area contributed by atoms with Crippen molar-refractivity contribution in [3.8, 4) is 0 Å². The zero-order valence-corrected chi connectivity index (χ0v) is 12.5. The summed E-state index contributed by atoms with van der Waals surface area (Å²) in [7, 11) is 0. The first-order valence-electron chi connectivity index (χ1n) is 6.73. The van der Waals surface area contributed by atoms with Gasteiger partial charge in [0.25, 0.3) is 0 Å². The van der Waals surface area contributed by atoms with E-state index in [2.05, 4.69) is 26.6 Å². The smallest absolute Gasteiger partial charge is 0.105 e. The van der Waals surface area contributed by atoms with Crippen molar-refractivity contribution in [3.63, 3.8) is 0 Å². The highest BCUT2D eigenvalue weighted by Gasteiger charge is 2.07. The van der Waals surface area contributed by atoms with Crippen LogP contribution in [0.3, 0.4) is 0 Å². The van der Waals surface area contributed by atoms with Crippen LogP contribution in [0.5, 0.6) is 0 Å². The first-order valence-corrected chi connectivity index (χ1v) is 7.13. The third kappa shape index (κ3) is 4.06. The van der Waals surface area contributed by atoms with E-state index in [0.29, 0.717) is 4.99 Å². The maximum Gasteiger partial charge on any atom is 0.105 e. The SMILES string of the molecule is Cc1nccn1CCN(CCC(N)=S)c1ccccc1. The minimum Gasteiger partial charge on any atom is -0.393 e. The fourth-order valence-corrected chi connectivity index (χ4v) is 2.21. The van der Waals surface area contributed by atoms with Gasteiger partial charge < -0.3 is 15.2 Å². The molecule has 0 aliphatic rings. The minimum atomic E-state index is 0.560. The van der Waals surface area contributed by atoms with Gasteiger partial charge in [-0.2, -0.15) is 0 Å². The second-order valence-electron chi connectivity index (χ2n) is 4.71. The van der Waals surface area contributed by atoms with Crippen LogP contribution in [0.2, 0.25) is 0 Å². The molecule has 4 nitrogen and oxygen atoms in total. The lowest BCUT2D eigenvalue weighted by Crippen LogP contribution is -2.30. The number of anilines is 1. The van der Waals surface area contributed by atoms with Crippen molar-refractivity contribution in [2.24, 2.45) is 5.73 Å². The summed E-state index contributed by atoms with van der Waals surface area (Å²) in [6.45, 7) is 4.66. The van der Waals surface area contributed by atoms with Gasteiger partial charge >= 0.3 is 0 Å². The predicted octanol–water partition coefficient (Wildman–Crippen LogP) is 2.37. The number of aryl methyl sites for hydroxylation is 1. The van der Waals surface area contributed by atoms with E-state index in [0.717, 1.165) is 31.9 Å². The number of thiocarbonyl (C=S) groups is 1. The molecule has 0 radical (unpaired) electrons. The van der Waals surface area contributed by atoms with Crippen LogP contribution in [-0.4, -0.2) is 27.6 Å². The molecule has 0 spiro atoms. The van der Waals surface area contributed by atoms with Crippen LogP contribution in [0.4, 0.5) is 5.69 Å². The molecule has 1 aromatic heterocycles. The number of hydrogen-bond donors (Lipinski definition) is 1. The Balaban J connectivity index is 2.03. The second-order valence-corrected chi connectivity index (χ2v) is 5.23. The molecule has 0 aliphatic carbocycles. The van der Waals surface area contributed by atoms with Gasteiger partial charge in [0.05, 0.1) is 4.99 Å². The summed E-state index contributed by atoms with van der Waals surface area (Å²) >= 11 is 4.98. The number of nitrogens with zero attached hydrogens (tertiary/aromatic N) is 3. The Bertz CT molecular complexity index is 550. The van der Waals surface area contributed by atoms with Crippen molar-refractivity contribution in [1.29, 1.82) is 0 Å². The molecule has 5 heteroatoms. The van der Waals surface area contributed by atoms with Crippen LogP contribution < -0.4 is 10.6 Å². The lowest BCUT2D eigenvalue weighted by molar-refractivity contribution is 0.643. The number of para-hydroxylation sites is 1. The average molecular weight is 288 g/mol. The Morgan fingerprint density at radius 1 is 1.30 bits per heavy atom. The van der Waals surface area contributed by atoms with E-state index in [1.54, 1.807) is 0 Å². The van der Waals surface area contributed by atoms with E-state index in [1.807, 2.05) is 37.5 Å². The number of imidazole rings is 1. The Kier molecular flexibility index (Phi) is 5.12. The van der Waals surface area contributed by atoms with Gasteiger partial charge in [-0.3, -0.25) is 0 Å². The third-order valence-electron chi connectivity index (χ3n) is 3.28. The van der Waals surface area contributed by atoms with Crippen LogP contribution in [0.15, 0.2) is 42.7 Å². The molecular formula is C15H20N4S. The zero-order valence-electron chi connectivity index (χ0n) is 11.7. The average Bonchev–Trinajstić information content (AvgIpc) is 2.85. The first kappa shape index (κ1) is 14.5. The van der Waals surface area contributed by atoms with Crippen molar-refractivity contribution in [2.45, 2.75) is 19.9 Å². The van der Waals surface area contributed by atoms with E-state index >= 15 is 0 Å². The van der Waals surface area contributed by atoms with Gasteiger partial charge in [-0.25, -0.2) is 4.98 Å². The highest BCUT2D eigenvalue weighted by molar-refractivity contribution is 7.80. The van der Waals surface area contributed by atoms with Gasteiger partial charge in [0, 0.05) is 44.1 Å². The second kappa shape index (κ2) is 7.05. The van der Waals surface area contributed by atoms with Gasteiger partial charge in [0.15, 0.2) is 0 Å². The summed E-state index contributed by atoms with van der Waals surface area (Å²) in [5, 5.41) is 0. The monoisotopic (exact) mass is 288 g/mol. The number of aromatic nitrogens is 2. The molecule has 106 valence electrons. The van der Waals surface area contributed by atoms with Gasteiger partial charge in [-0.05, 0) is 19.1 Å². The molecule has 2 N–H and O–H groups in total. The predicted molar refractivity (Wildman–Crippen MR) is 87.0 cm³/mol. The maximum atomic E-state index is 5.62. The summed E-state index contributed by atoms with van der Waals surface area (Å²) in [5.41, 5.74) is 6.82. The molecule has 0 unspecified atom stereocenters. The first-order chi connectivity index (χ1) is 9.66. The van der Waals surface area contributed by atoms with E-state index in [1.165, 1.54) is 5.69 Å². The fourth-order valence-electron chi connectivity index (χ4n) is 2.12. The van der Waals surface area contributed by atoms with Crippen LogP contribution >= 0.6 is 12.2 Å². The van der Waals surface area contributed by atoms with E-state index in [4.69, 9.17) is 18.0 Å². The number of nitrogens with two attached hydrogens (primary N) is 1. The van der Waals surface area contributed by atoms with Crippen molar-refractivity contribution >= 4 is 22.9 Å². The van der Waals surface area contributed by atoms with Crippen LogP contribution in [0, 0.1) is 6.92 Å². The van der Waals surface area contributed by atoms with Crippen molar-refractivity contribution < 1.29 is 0 Å². The molecule has 0 aliphatic heterocycles. The Morgan fingerprint density at radius 3 is 2.65 bits per heavy atom. The van der Waals surface area contributed by atoms with E-state index in [9.17, 15) is 0 Å². The lowest BCUT2D eigenvalue weighted by atomic mass is 10.2. The molecule has 1 aromatic carbocycles. The zero-order chi connectivity index (χ0) is 14.4. The summed E-state index contributed by atoms with van der Waals surface area (Å²) < 4.78 is 2.15. The van der Waals surface area contributed by atoms with Crippen LogP contribution in [0.25, 0.3) is 0 Å². The fraction of sp³-hybridized carbons (Fsp3) is 0.333. The van der Waals surface area contributed by atoms with Crippen molar-refractivity contribution in [1.82, 2.24) is 9.55 Å². The third-order valence-corrected chi connectivity index (χ3v) is 3.49. The molecule has 2 rings (SSSR count). The molecule has 0 bridgehead atoms. The minimum absolute atomic E-state index is 0.560. The Hall–Kier alpha value is -1.88. The molecule has 20 heavy (non-hydrogen) atoms. The van der Waals surface area contributed by atoms with Crippen LogP contribution in [-0.2, 0) is 6.54 Å². The highest BCUT2D eigenvalue weighted by Crippen LogP contribution is 2.14. The quantitative estimate of drug-likeness (QED) is 0.795. The van der Waals surface area contributed by atoms with E-state index < -0.39 is 0 Å². The van der Waals surface area contributed by atoms with Crippen molar-refractivity contribution in [3.05, 3.63) is 48.5 Å². The molecule has 0 amide bonds. The summed E-state index contributed by atoms with van der Waals surface area (Å²) in [5.74, 6) is 1.03. The molecule has 0 saturated carbocycles. The summed E-state index contributed by atoms with van der Waals surface area (Å²) in [4.78, 5) is 7.11. The molecule has 1 heterocycles. The maximum absolute atomic E-state index is 5.62. The van der Waals surface area contributed by atoms with Gasteiger partial charge in [0.1, 0.15) is 5.82 Å². The molecule has 0 fully saturated rings. The Labute approximate surface area is 125 Å². The van der Waals surface area contributed by atoms with Gasteiger partial charge in [-0.15, -0.1) is 0 Å². The van der Waals surface area contributed by atoms with E-state index in [-0.39, 0.29) is 0 Å². The van der Waals surface area contributed by atoms with Gasteiger partial charge in [-0.1, -0.05) is 30.4 Å². The number of rotatable bonds is 7. The van der Waals surface area contributed by atoms with Crippen molar-refractivity contribution in [2.75, 3.05) is 18.0 Å². The lowest BCUT2D eigenvalue weighted by Gasteiger charge is -2.25. The van der Waals surface area contributed by atoms with Crippen LogP contribution in [0.1, 0.15) is 12.2 Å². The summed E-state index contributed by atoms with van der Waals surface area (Å²) in [6, 6.07) is 10.3. The molecule has 2 aromatic rings. The standard InChI is InChI=1S/C15H20N4S/c1-13-17-8-10-18(13)11-12-19(9-7-15(16)20)14-5-3-2-4-6-14/h2-6,8,10H,7,9,11-12H2,1H3,(H2,16,20). The summed E-state index contributed by atoms with van der Waals surface area (Å²) in [6.07, 6.45) is 4.57. The normalized spacial score (nSPS) is 10.4. The Morgan fingerprint density at radius 2 is 2.05 bits per heavy atom. The molecule has 0 atom stereocenters.